The standard InChI is InChI=1S/C14H19ClO2S/c1-16-14-6-5-12(15)8-11(14)9-18-10-13-4-2-3-7-17-13/h5-6,8,13H,2-4,7,9-10H2,1H3. The average molecular weight is 287 g/mol. The van der Waals surface area contributed by atoms with E-state index in [1.165, 1.54) is 19.3 Å². The van der Waals surface area contributed by atoms with E-state index in [0.717, 1.165) is 34.4 Å². The van der Waals surface area contributed by atoms with Crippen molar-refractivity contribution < 1.29 is 9.47 Å². The maximum Gasteiger partial charge on any atom is 0.122 e. The lowest BCUT2D eigenvalue weighted by Gasteiger charge is -2.22. The van der Waals surface area contributed by atoms with Gasteiger partial charge in [-0.25, -0.2) is 0 Å². The molecule has 1 aromatic carbocycles. The van der Waals surface area contributed by atoms with Crippen molar-refractivity contribution in [2.24, 2.45) is 0 Å². The van der Waals surface area contributed by atoms with E-state index in [9.17, 15) is 0 Å². The van der Waals surface area contributed by atoms with E-state index in [1.807, 2.05) is 30.0 Å². The van der Waals surface area contributed by atoms with Crippen LogP contribution in [0.25, 0.3) is 0 Å². The van der Waals surface area contributed by atoms with Crippen LogP contribution in [0.15, 0.2) is 18.2 Å². The van der Waals surface area contributed by atoms with Gasteiger partial charge < -0.3 is 9.47 Å². The summed E-state index contributed by atoms with van der Waals surface area (Å²) in [7, 11) is 1.70. The van der Waals surface area contributed by atoms with Gasteiger partial charge in [-0.2, -0.15) is 11.8 Å². The minimum Gasteiger partial charge on any atom is -0.496 e. The van der Waals surface area contributed by atoms with E-state index < -0.39 is 0 Å². The van der Waals surface area contributed by atoms with E-state index >= 15 is 0 Å². The third kappa shape index (κ3) is 4.08. The molecule has 0 spiro atoms. The smallest absolute Gasteiger partial charge is 0.122 e. The number of rotatable bonds is 5. The summed E-state index contributed by atoms with van der Waals surface area (Å²) in [6, 6.07) is 5.77. The van der Waals surface area contributed by atoms with E-state index in [0.29, 0.717) is 6.10 Å². The zero-order valence-corrected chi connectivity index (χ0v) is 12.2. The molecule has 18 heavy (non-hydrogen) atoms. The molecule has 0 aromatic heterocycles. The Kier molecular flexibility index (Phi) is 5.67. The summed E-state index contributed by atoms with van der Waals surface area (Å²) in [4.78, 5) is 0. The van der Waals surface area contributed by atoms with Gasteiger partial charge in [0.05, 0.1) is 13.2 Å². The fourth-order valence-electron chi connectivity index (χ4n) is 2.10. The summed E-state index contributed by atoms with van der Waals surface area (Å²) >= 11 is 7.90. The Morgan fingerprint density at radius 1 is 1.44 bits per heavy atom. The van der Waals surface area contributed by atoms with Gasteiger partial charge in [-0.1, -0.05) is 11.6 Å². The highest BCUT2D eigenvalue weighted by Crippen LogP contribution is 2.27. The molecular weight excluding hydrogens is 268 g/mol. The lowest BCUT2D eigenvalue weighted by atomic mass is 10.1. The van der Waals surface area contributed by atoms with Gasteiger partial charge in [-0.15, -0.1) is 0 Å². The van der Waals surface area contributed by atoms with Gasteiger partial charge in [0.1, 0.15) is 5.75 Å². The molecule has 1 aliphatic rings. The predicted octanol–water partition coefficient (Wildman–Crippen LogP) is 4.15. The van der Waals surface area contributed by atoms with Crippen molar-refractivity contribution in [1.82, 2.24) is 0 Å². The summed E-state index contributed by atoms with van der Waals surface area (Å²) in [5.41, 5.74) is 1.16. The fraction of sp³-hybridized carbons (Fsp3) is 0.571. The molecule has 1 atom stereocenters. The normalized spacial score (nSPS) is 19.8. The summed E-state index contributed by atoms with van der Waals surface area (Å²) in [5, 5.41) is 0.764. The zero-order chi connectivity index (χ0) is 12.8. The maximum absolute atomic E-state index is 6.01. The van der Waals surface area contributed by atoms with Crippen LogP contribution in [0.3, 0.4) is 0 Å². The van der Waals surface area contributed by atoms with Crippen LogP contribution in [-0.4, -0.2) is 25.6 Å². The molecule has 1 aromatic rings. The molecule has 1 saturated heterocycles. The van der Waals surface area contributed by atoms with Gasteiger partial charge in [0.15, 0.2) is 0 Å². The molecule has 1 aliphatic heterocycles. The second-order valence-corrected chi connectivity index (χ2v) is 5.93. The second-order valence-electron chi connectivity index (χ2n) is 4.46. The Hall–Kier alpha value is -0.380. The van der Waals surface area contributed by atoms with Crippen molar-refractivity contribution in [3.63, 3.8) is 0 Å². The Morgan fingerprint density at radius 2 is 2.33 bits per heavy atom. The molecule has 2 rings (SSSR count). The number of methoxy groups -OCH3 is 1. The van der Waals surface area contributed by atoms with Crippen molar-refractivity contribution in [3.05, 3.63) is 28.8 Å². The summed E-state index contributed by atoms with van der Waals surface area (Å²) in [6.07, 6.45) is 4.13. The summed E-state index contributed by atoms with van der Waals surface area (Å²) < 4.78 is 11.1. The molecule has 0 N–H and O–H groups in total. The van der Waals surface area contributed by atoms with Crippen molar-refractivity contribution in [2.45, 2.75) is 31.1 Å². The Balaban J connectivity index is 1.83. The van der Waals surface area contributed by atoms with Crippen molar-refractivity contribution >= 4 is 23.4 Å². The molecule has 4 heteroatoms. The van der Waals surface area contributed by atoms with Gasteiger partial charge in [0, 0.05) is 28.7 Å². The maximum atomic E-state index is 6.01. The Morgan fingerprint density at radius 3 is 3.06 bits per heavy atom. The van der Waals surface area contributed by atoms with Crippen LogP contribution in [0, 0.1) is 0 Å². The third-order valence-electron chi connectivity index (χ3n) is 3.08. The molecule has 0 aliphatic carbocycles. The van der Waals surface area contributed by atoms with Gasteiger partial charge in [0.25, 0.3) is 0 Å². The fourth-order valence-corrected chi connectivity index (χ4v) is 3.38. The van der Waals surface area contributed by atoms with Crippen LogP contribution in [-0.2, 0) is 10.5 Å². The number of thioether (sulfide) groups is 1. The van der Waals surface area contributed by atoms with E-state index in [4.69, 9.17) is 21.1 Å². The average Bonchev–Trinajstić information content (AvgIpc) is 2.40. The molecule has 2 nitrogen and oxygen atoms in total. The molecule has 1 fully saturated rings. The monoisotopic (exact) mass is 286 g/mol. The molecule has 0 amide bonds. The van der Waals surface area contributed by atoms with Crippen LogP contribution in [0.2, 0.25) is 5.02 Å². The van der Waals surface area contributed by atoms with Gasteiger partial charge in [-0.3, -0.25) is 0 Å². The van der Waals surface area contributed by atoms with E-state index in [2.05, 4.69) is 0 Å². The minimum atomic E-state index is 0.425. The summed E-state index contributed by atoms with van der Waals surface area (Å²) in [6.45, 7) is 0.922. The molecule has 0 saturated carbocycles. The van der Waals surface area contributed by atoms with Gasteiger partial charge in [0.2, 0.25) is 0 Å². The van der Waals surface area contributed by atoms with Crippen LogP contribution in [0.4, 0.5) is 0 Å². The molecule has 0 radical (unpaired) electrons. The number of hydrogen-bond acceptors (Lipinski definition) is 3. The van der Waals surface area contributed by atoms with Crippen LogP contribution in [0.5, 0.6) is 5.75 Å². The van der Waals surface area contributed by atoms with E-state index in [-0.39, 0.29) is 0 Å². The molecular formula is C14H19ClO2S. The highest BCUT2D eigenvalue weighted by molar-refractivity contribution is 7.98. The lowest BCUT2D eigenvalue weighted by molar-refractivity contribution is 0.0315. The number of hydrogen-bond donors (Lipinski definition) is 0. The van der Waals surface area contributed by atoms with Crippen LogP contribution >= 0.6 is 23.4 Å². The first-order chi connectivity index (χ1) is 8.79. The highest BCUT2D eigenvalue weighted by Gasteiger charge is 2.14. The van der Waals surface area contributed by atoms with Crippen molar-refractivity contribution in [3.8, 4) is 5.75 Å². The second kappa shape index (κ2) is 7.27. The number of benzene rings is 1. The first-order valence-electron chi connectivity index (χ1n) is 6.31. The SMILES string of the molecule is COc1ccc(Cl)cc1CSCC1CCCCO1. The largest absolute Gasteiger partial charge is 0.496 e. The molecule has 0 bridgehead atoms. The predicted molar refractivity (Wildman–Crippen MR) is 77.8 cm³/mol. The van der Waals surface area contributed by atoms with Gasteiger partial charge in [-0.05, 0) is 37.5 Å². The van der Waals surface area contributed by atoms with Crippen molar-refractivity contribution in [1.29, 1.82) is 0 Å². The topological polar surface area (TPSA) is 18.5 Å². The minimum absolute atomic E-state index is 0.425. The van der Waals surface area contributed by atoms with Crippen LogP contribution in [0.1, 0.15) is 24.8 Å². The first-order valence-corrected chi connectivity index (χ1v) is 7.84. The highest BCUT2D eigenvalue weighted by atomic mass is 35.5. The lowest BCUT2D eigenvalue weighted by Crippen LogP contribution is -2.21. The quantitative estimate of drug-likeness (QED) is 0.810. The van der Waals surface area contributed by atoms with E-state index in [1.54, 1.807) is 7.11 Å². The first kappa shape index (κ1) is 14.0. The number of halogens is 1. The zero-order valence-electron chi connectivity index (χ0n) is 10.7. The Bertz CT molecular complexity index is 378. The van der Waals surface area contributed by atoms with Gasteiger partial charge >= 0.3 is 0 Å². The van der Waals surface area contributed by atoms with Crippen LogP contribution < -0.4 is 4.74 Å². The number of ether oxygens (including phenoxy) is 2. The molecule has 100 valence electrons. The third-order valence-corrected chi connectivity index (χ3v) is 4.44. The van der Waals surface area contributed by atoms with Crippen molar-refractivity contribution in [2.75, 3.05) is 19.5 Å². The molecule has 1 unspecified atom stereocenters. The molecule has 1 heterocycles. The summed E-state index contributed by atoms with van der Waals surface area (Å²) in [5.74, 6) is 2.88. The Labute approximate surface area is 118 Å².